The molecule has 0 aliphatic carbocycles. The van der Waals surface area contributed by atoms with E-state index in [0.717, 1.165) is 18.2 Å². The Labute approximate surface area is 140 Å². The zero-order chi connectivity index (χ0) is 18.6. The van der Waals surface area contributed by atoms with E-state index in [1.54, 1.807) is 0 Å². The highest BCUT2D eigenvalue weighted by molar-refractivity contribution is 5.96. The SMILES string of the molecule is O=C(N[C@@H](Cc1ccccc1[N+](=O)[O-])C(=O)O)c1cccc(F)c1F. The smallest absolute Gasteiger partial charge is 0.326 e. The minimum Gasteiger partial charge on any atom is -0.480 e. The molecule has 0 unspecified atom stereocenters. The number of benzene rings is 2. The highest BCUT2D eigenvalue weighted by Crippen LogP contribution is 2.20. The van der Waals surface area contributed by atoms with Crippen LogP contribution >= 0.6 is 0 Å². The van der Waals surface area contributed by atoms with Crippen molar-refractivity contribution in [2.75, 3.05) is 0 Å². The van der Waals surface area contributed by atoms with E-state index < -0.39 is 46.5 Å². The summed E-state index contributed by atoms with van der Waals surface area (Å²) in [5.41, 5.74) is -0.881. The van der Waals surface area contributed by atoms with E-state index in [0.29, 0.717) is 0 Å². The second kappa shape index (κ2) is 7.47. The largest absolute Gasteiger partial charge is 0.480 e. The minimum absolute atomic E-state index is 0.0833. The first-order valence-corrected chi connectivity index (χ1v) is 7.01. The minimum atomic E-state index is -1.56. The molecule has 0 saturated heterocycles. The van der Waals surface area contributed by atoms with E-state index in [1.165, 1.54) is 24.3 Å². The van der Waals surface area contributed by atoms with Gasteiger partial charge in [0.25, 0.3) is 11.6 Å². The average molecular weight is 350 g/mol. The maximum Gasteiger partial charge on any atom is 0.326 e. The Hall–Kier alpha value is -3.36. The quantitative estimate of drug-likeness (QED) is 0.614. The lowest BCUT2D eigenvalue weighted by Crippen LogP contribution is -2.42. The van der Waals surface area contributed by atoms with Crippen LogP contribution in [0.2, 0.25) is 0 Å². The summed E-state index contributed by atoms with van der Waals surface area (Å²) in [5.74, 6) is -5.26. The number of hydrogen-bond donors (Lipinski definition) is 2. The molecule has 1 atom stereocenters. The van der Waals surface area contributed by atoms with Crippen LogP contribution in [0.4, 0.5) is 14.5 Å². The molecule has 130 valence electrons. The van der Waals surface area contributed by atoms with Crippen LogP contribution in [0.15, 0.2) is 42.5 Å². The number of para-hydroxylation sites is 1. The summed E-state index contributed by atoms with van der Waals surface area (Å²) in [6, 6.07) is 6.80. The first kappa shape index (κ1) is 18.0. The van der Waals surface area contributed by atoms with Gasteiger partial charge in [0.2, 0.25) is 0 Å². The Bertz CT molecular complexity index is 841. The Morgan fingerprint density at radius 2 is 1.84 bits per heavy atom. The van der Waals surface area contributed by atoms with Gasteiger partial charge in [-0.1, -0.05) is 24.3 Å². The van der Waals surface area contributed by atoms with Crippen molar-refractivity contribution >= 4 is 17.6 Å². The van der Waals surface area contributed by atoms with Crippen LogP contribution in [0.3, 0.4) is 0 Å². The van der Waals surface area contributed by atoms with Gasteiger partial charge >= 0.3 is 5.97 Å². The molecule has 9 heteroatoms. The van der Waals surface area contributed by atoms with Crippen molar-refractivity contribution in [1.82, 2.24) is 5.32 Å². The van der Waals surface area contributed by atoms with Gasteiger partial charge in [0.05, 0.1) is 10.5 Å². The van der Waals surface area contributed by atoms with Gasteiger partial charge in [0.15, 0.2) is 11.6 Å². The summed E-state index contributed by atoms with van der Waals surface area (Å²) in [6.07, 6.45) is -0.394. The van der Waals surface area contributed by atoms with E-state index in [9.17, 15) is 33.6 Å². The van der Waals surface area contributed by atoms with Gasteiger partial charge in [-0.15, -0.1) is 0 Å². The number of hydrogen-bond acceptors (Lipinski definition) is 4. The van der Waals surface area contributed by atoms with Gasteiger partial charge in [-0.3, -0.25) is 14.9 Å². The number of amides is 1. The normalized spacial score (nSPS) is 11.6. The Balaban J connectivity index is 2.25. The summed E-state index contributed by atoms with van der Waals surface area (Å²) in [7, 11) is 0. The number of carboxylic acid groups (broad SMARTS) is 1. The molecule has 0 aromatic heterocycles. The highest BCUT2D eigenvalue weighted by atomic mass is 19.2. The standard InChI is InChI=1S/C16H12F2N2O5/c17-11-6-3-5-10(14(11)18)15(21)19-12(16(22)23)8-9-4-1-2-7-13(9)20(24)25/h1-7,12H,8H2,(H,19,21)(H,22,23)/t12-/m0/s1. The van der Waals surface area contributed by atoms with Crippen LogP contribution in [0.5, 0.6) is 0 Å². The van der Waals surface area contributed by atoms with Gasteiger partial charge in [-0.2, -0.15) is 0 Å². The predicted molar refractivity (Wildman–Crippen MR) is 82.0 cm³/mol. The number of carbonyl (C=O) groups is 2. The fourth-order valence-electron chi connectivity index (χ4n) is 2.20. The first-order valence-electron chi connectivity index (χ1n) is 7.01. The predicted octanol–water partition coefficient (Wildman–Crippen LogP) is 2.30. The van der Waals surface area contributed by atoms with Crippen molar-refractivity contribution in [3.8, 4) is 0 Å². The molecule has 25 heavy (non-hydrogen) atoms. The van der Waals surface area contributed by atoms with Crippen molar-refractivity contribution in [3.05, 3.63) is 75.3 Å². The van der Waals surface area contributed by atoms with Gasteiger partial charge in [0, 0.05) is 18.1 Å². The third-order valence-electron chi connectivity index (χ3n) is 3.41. The monoisotopic (exact) mass is 350 g/mol. The molecule has 2 rings (SSSR count). The molecule has 0 heterocycles. The van der Waals surface area contributed by atoms with Crippen molar-refractivity contribution in [1.29, 1.82) is 0 Å². The molecule has 2 aromatic rings. The van der Waals surface area contributed by atoms with E-state index in [1.807, 2.05) is 5.32 Å². The molecule has 7 nitrogen and oxygen atoms in total. The fraction of sp³-hybridized carbons (Fsp3) is 0.125. The summed E-state index contributed by atoms with van der Waals surface area (Å²) in [5, 5.41) is 22.3. The van der Waals surface area contributed by atoms with Crippen molar-refractivity contribution < 1.29 is 28.4 Å². The van der Waals surface area contributed by atoms with Crippen LogP contribution in [0.25, 0.3) is 0 Å². The highest BCUT2D eigenvalue weighted by Gasteiger charge is 2.26. The van der Waals surface area contributed by atoms with Crippen LogP contribution in [-0.2, 0) is 11.2 Å². The van der Waals surface area contributed by atoms with Gasteiger partial charge in [0.1, 0.15) is 6.04 Å². The molecular formula is C16H12F2N2O5. The van der Waals surface area contributed by atoms with Crippen LogP contribution in [-0.4, -0.2) is 27.9 Å². The zero-order valence-electron chi connectivity index (χ0n) is 12.6. The number of nitro benzene ring substituents is 1. The lowest BCUT2D eigenvalue weighted by atomic mass is 10.0. The molecular weight excluding hydrogens is 338 g/mol. The first-order chi connectivity index (χ1) is 11.8. The van der Waals surface area contributed by atoms with Crippen molar-refractivity contribution in [2.45, 2.75) is 12.5 Å². The zero-order valence-corrected chi connectivity index (χ0v) is 12.6. The number of carbonyl (C=O) groups excluding carboxylic acids is 1. The second-order valence-corrected chi connectivity index (χ2v) is 5.06. The van der Waals surface area contributed by atoms with Crippen molar-refractivity contribution in [3.63, 3.8) is 0 Å². The van der Waals surface area contributed by atoms with Crippen LogP contribution < -0.4 is 5.32 Å². The molecule has 0 radical (unpaired) electrons. The van der Waals surface area contributed by atoms with Crippen molar-refractivity contribution in [2.24, 2.45) is 0 Å². The summed E-state index contributed by atoms with van der Waals surface area (Å²) >= 11 is 0. The number of nitro groups is 1. The van der Waals surface area contributed by atoms with E-state index >= 15 is 0 Å². The fourth-order valence-corrected chi connectivity index (χ4v) is 2.20. The van der Waals surface area contributed by atoms with E-state index in [4.69, 9.17) is 0 Å². The molecule has 2 N–H and O–H groups in total. The van der Waals surface area contributed by atoms with Gasteiger partial charge in [-0.05, 0) is 12.1 Å². The molecule has 1 amide bonds. The average Bonchev–Trinajstić information content (AvgIpc) is 2.56. The number of halogens is 2. The van der Waals surface area contributed by atoms with E-state index in [2.05, 4.69) is 0 Å². The molecule has 0 bridgehead atoms. The Morgan fingerprint density at radius 3 is 2.48 bits per heavy atom. The van der Waals surface area contributed by atoms with Crippen LogP contribution in [0.1, 0.15) is 15.9 Å². The van der Waals surface area contributed by atoms with E-state index in [-0.39, 0.29) is 11.3 Å². The molecule has 0 aliphatic rings. The van der Waals surface area contributed by atoms with Gasteiger partial charge in [-0.25, -0.2) is 13.6 Å². The second-order valence-electron chi connectivity index (χ2n) is 5.06. The molecule has 0 spiro atoms. The topological polar surface area (TPSA) is 110 Å². The maximum absolute atomic E-state index is 13.6. The lowest BCUT2D eigenvalue weighted by Gasteiger charge is -2.15. The summed E-state index contributed by atoms with van der Waals surface area (Å²) < 4.78 is 26.8. The number of nitrogens with zero attached hydrogens (tertiary/aromatic N) is 1. The number of nitrogens with one attached hydrogen (secondary N) is 1. The maximum atomic E-state index is 13.6. The number of carboxylic acids is 1. The molecule has 2 aromatic carbocycles. The van der Waals surface area contributed by atoms with Crippen LogP contribution in [0, 0.1) is 21.7 Å². The number of aliphatic carboxylic acids is 1. The Kier molecular flexibility index (Phi) is 5.38. The Morgan fingerprint density at radius 1 is 1.16 bits per heavy atom. The molecule has 0 fully saturated rings. The third-order valence-corrected chi connectivity index (χ3v) is 3.41. The third kappa shape index (κ3) is 4.14. The number of rotatable bonds is 6. The van der Waals surface area contributed by atoms with Gasteiger partial charge < -0.3 is 10.4 Å². The molecule has 0 saturated carbocycles. The summed E-state index contributed by atoms with van der Waals surface area (Å²) in [4.78, 5) is 33.7. The lowest BCUT2D eigenvalue weighted by molar-refractivity contribution is -0.385. The molecule has 0 aliphatic heterocycles. The summed E-state index contributed by atoms with van der Waals surface area (Å²) in [6.45, 7) is 0.